The highest BCUT2D eigenvalue weighted by Crippen LogP contribution is 2.23. The number of aromatic nitrogens is 2. The van der Waals surface area contributed by atoms with Crippen LogP contribution in [0.5, 0.6) is 5.75 Å². The highest BCUT2D eigenvalue weighted by Gasteiger charge is 2.05. The number of nitrogens with zero attached hydrogens (tertiary/aromatic N) is 2. The molecule has 2 heterocycles. The summed E-state index contributed by atoms with van der Waals surface area (Å²) in [5.74, 6) is 0.941. The molecule has 3 nitrogen and oxygen atoms in total. The van der Waals surface area contributed by atoms with E-state index in [1.54, 1.807) is 0 Å². The molecule has 108 valence electrons. The van der Waals surface area contributed by atoms with E-state index in [9.17, 15) is 0 Å². The van der Waals surface area contributed by atoms with Gasteiger partial charge in [0.15, 0.2) is 0 Å². The zero-order chi connectivity index (χ0) is 14.7. The Morgan fingerprint density at radius 2 is 2.10 bits per heavy atom. The van der Waals surface area contributed by atoms with Crippen molar-refractivity contribution in [2.45, 2.75) is 26.8 Å². The Bertz CT molecular complexity index is 746. The fourth-order valence-corrected chi connectivity index (χ4v) is 2.47. The molecule has 0 N–H and O–H groups in total. The summed E-state index contributed by atoms with van der Waals surface area (Å²) in [4.78, 5) is 4.47. The highest BCUT2D eigenvalue weighted by molar-refractivity contribution is 5.81. The van der Waals surface area contributed by atoms with Crippen molar-refractivity contribution in [1.29, 1.82) is 0 Å². The average molecular weight is 280 g/mol. The molecule has 0 saturated heterocycles. The summed E-state index contributed by atoms with van der Waals surface area (Å²) in [6.07, 6.45) is 4.99. The Morgan fingerprint density at radius 1 is 1.19 bits per heavy atom. The summed E-state index contributed by atoms with van der Waals surface area (Å²) in [5.41, 5.74) is 3.55. The van der Waals surface area contributed by atoms with E-state index < -0.39 is 0 Å². The maximum absolute atomic E-state index is 5.69. The van der Waals surface area contributed by atoms with Gasteiger partial charge in [-0.15, -0.1) is 0 Å². The Morgan fingerprint density at radius 3 is 2.90 bits per heavy atom. The first-order chi connectivity index (χ1) is 10.3. The van der Waals surface area contributed by atoms with Crippen LogP contribution in [0.3, 0.4) is 0 Å². The Labute approximate surface area is 125 Å². The number of rotatable bonds is 5. The standard InChI is InChI=1S/C18H20N2O/c1-3-11-21-16-6-7-18-15(12-16)8-10-20(18)13-17-14(2)5-4-9-19-17/h4-10,12H,3,11,13H2,1-2H3. The van der Waals surface area contributed by atoms with Gasteiger partial charge < -0.3 is 9.30 Å². The van der Waals surface area contributed by atoms with Crippen LogP contribution in [0.2, 0.25) is 0 Å². The zero-order valence-corrected chi connectivity index (χ0v) is 12.5. The number of ether oxygens (including phenoxy) is 1. The maximum atomic E-state index is 5.69. The number of benzene rings is 1. The lowest BCUT2D eigenvalue weighted by Gasteiger charge is -2.08. The highest BCUT2D eigenvalue weighted by atomic mass is 16.5. The van der Waals surface area contributed by atoms with Crippen LogP contribution in [-0.4, -0.2) is 16.2 Å². The quantitative estimate of drug-likeness (QED) is 0.701. The molecule has 0 aliphatic rings. The number of aryl methyl sites for hydroxylation is 1. The molecule has 0 unspecified atom stereocenters. The molecule has 0 bridgehead atoms. The van der Waals surface area contributed by atoms with Crippen molar-refractivity contribution in [3.8, 4) is 5.75 Å². The first kappa shape index (κ1) is 13.7. The van der Waals surface area contributed by atoms with E-state index in [1.807, 2.05) is 18.3 Å². The molecule has 0 aliphatic carbocycles. The molecule has 0 spiro atoms. The van der Waals surface area contributed by atoms with Crippen LogP contribution in [0.4, 0.5) is 0 Å². The van der Waals surface area contributed by atoms with Gasteiger partial charge in [0.2, 0.25) is 0 Å². The van der Waals surface area contributed by atoms with E-state index in [0.717, 1.165) is 31.0 Å². The smallest absolute Gasteiger partial charge is 0.120 e. The van der Waals surface area contributed by atoms with Crippen molar-refractivity contribution in [2.24, 2.45) is 0 Å². The number of hydrogen-bond donors (Lipinski definition) is 0. The molecule has 0 atom stereocenters. The summed E-state index contributed by atoms with van der Waals surface area (Å²) in [5, 5.41) is 1.21. The van der Waals surface area contributed by atoms with Gasteiger partial charge in [-0.05, 0) is 49.2 Å². The summed E-state index contributed by atoms with van der Waals surface area (Å²) in [6.45, 7) is 5.78. The van der Waals surface area contributed by atoms with Gasteiger partial charge in [0.25, 0.3) is 0 Å². The molecule has 0 saturated carbocycles. The van der Waals surface area contributed by atoms with Crippen molar-refractivity contribution in [1.82, 2.24) is 9.55 Å². The Balaban J connectivity index is 1.88. The molecule has 0 fully saturated rings. The van der Waals surface area contributed by atoms with Gasteiger partial charge in [-0.3, -0.25) is 4.98 Å². The molecule has 3 rings (SSSR count). The largest absolute Gasteiger partial charge is 0.494 e. The Kier molecular flexibility index (Phi) is 3.91. The van der Waals surface area contributed by atoms with Gasteiger partial charge in [-0.25, -0.2) is 0 Å². The van der Waals surface area contributed by atoms with Gasteiger partial charge in [-0.2, -0.15) is 0 Å². The van der Waals surface area contributed by atoms with E-state index in [2.05, 4.69) is 53.9 Å². The van der Waals surface area contributed by atoms with E-state index in [-0.39, 0.29) is 0 Å². The van der Waals surface area contributed by atoms with Gasteiger partial charge in [0, 0.05) is 23.3 Å². The molecule has 0 radical (unpaired) electrons. The monoisotopic (exact) mass is 280 g/mol. The van der Waals surface area contributed by atoms with Crippen LogP contribution >= 0.6 is 0 Å². The predicted molar refractivity (Wildman–Crippen MR) is 85.8 cm³/mol. The third-order valence-electron chi connectivity index (χ3n) is 3.65. The molecule has 3 aromatic rings. The van der Waals surface area contributed by atoms with E-state index in [4.69, 9.17) is 4.74 Å². The minimum Gasteiger partial charge on any atom is -0.494 e. The van der Waals surface area contributed by atoms with Crippen molar-refractivity contribution < 1.29 is 4.74 Å². The molecule has 3 heteroatoms. The zero-order valence-electron chi connectivity index (χ0n) is 12.5. The maximum Gasteiger partial charge on any atom is 0.120 e. The summed E-state index contributed by atoms with van der Waals surface area (Å²) in [6, 6.07) is 12.5. The van der Waals surface area contributed by atoms with Crippen LogP contribution < -0.4 is 4.74 Å². The van der Waals surface area contributed by atoms with Crippen molar-refractivity contribution in [2.75, 3.05) is 6.61 Å². The van der Waals surface area contributed by atoms with Crippen LogP contribution in [0, 0.1) is 6.92 Å². The molecule has 2 aromatic heterocycles. The minimum absolute atomic E-state index is 0.763. The number of fused-ring (bicyclic) bond motifs is 1. The molecule has 0 amide bonds. The molecule has 1 aromatic carbocycles. The van der Waals surface area contributed by atoms with Crippen molar-refractivity contribution in [3.63, 3.8) is 0 Å². The second-order valence-corrected chi connectivity index (χ2v) is 5.28. The van der Waals surface area contributed by atoms with Crippen LogP contribution in [0.25, 0.3) is 10.9 Å². The predicted octanol–water partition coefficient (Wildman–Crippen LogP) is 4.18. The van der Waals surface area contributed by atoms with Crippen LogP contribution in [-0.2, 0) is 6.54 Å². The first-order valence-corrected chi connectivity index (χ1v) is 7.40. The molecular formula is C18H20N2O. The van der Waals surface area contributed by atoms with Gasteiger partial charge in [0.05, 0.1) is 18.8 Å². The molecule has 21 heavy (non-hydrogen) atoms. The van der Waals surface area contributed by atoms with Gasteiger partial charge >= 0.3 is 0 Å². The normalized spacial score (nSPS) is 11.0. The summed E-state index contributed by atoms with van der Waals surface area (Å²) < 4.78 is 7.92. The van der Waals surface area contributed by atoms with Gasteiger partial charge in [0.1, 0.15) is 5.75 Å². The fraction of sp³-hybridized carbons (Fsp3) is 0.278. The van der Waals surface area contributed by atoms with Crippen LogP contribution in [0.15, 0.2) is 48.8 Å². The van der Waals surface area contributed by atoms with Crippen molar-refractivity contribution >= 4 is 10.9 Å². The third kappa shape index (κ3) is 2.92. The number of hydrogen-bond acceptors (Lipinski definition) is 2. The molecular weight excluding hydrogens is 260 g/mol. The van der Waals surface area contributed by atoms with Gasteiger partial charge in [-0.1, -0.05) is 13.0 Å². The van der Waals surface area contributed by atoms with Crippen LogP contribution in [0.1, 0.15) is 24.6 Å². The van der Waals surface area contributed by atoms with E-state index in [0.29, 0.717) is 0 Å². The Hall–Kier alpha value is -2.29. The van der Waals surface area contributed by atoms with E-state index >= 15 is 0 Å². The number of pyridine rings is 1. The fourth-order valence-electron chi connectivity index (χ4n) is 2.47. The van der Waals surface area contributed by atoms with E-state index in [1.165, 1.54) is 16.5 Å². The SMILES string of the molecule is CCCOc1ccc2c(ccn2Cc2ncccc2C)c1. The average Bonchev–Trinajstić information content (AvgIpc) is 2.90. The second kappa shape index (κ2) is 6.00. The minimum atomic E-state index is 0.763. The summed E-state index contributed by atoms with van der Waals surface area (Å²) in [7, 11) is 0. The lowest BCUT2D eigenvalue weighted by molar-refractivity contribution is 0.318. The molecule has 0 aliphatic heterocycles. The third-order valence-corrected chi connectivity index (χ3v) is 3.65. The summed E-state index contributed by atoms with van der Waals surface area (Å²) >= 11 is 0. The first-order valence-electron chi connectivity index (χ1n) is 7.40. The second-order valence-electron chi connectivity index (χ2n) is 5.28. The topological polar surface area (TPSA) is 27.1 Å². The lowest BCUT2D eigenvalue weighted by atomic mass is 10.2. The lowest BCUT2D eigenvalue weighted by Crippen LogP contribution is -2.02. The van der Waals surface area contributed by atoms with Crippen molar-refractivity contribution in [3.05, 3.63) is 60.0 Å².